The van der Waals surface area contributed by atoms with E-state index in [1.165, 1.54) is 5.56 Å². The zero-order chi connectivity index (χ0) is 17.6. The Labute approximate surface area is 152 Å². The molecule has 25 heavy (non-hydrogen) atoms. The van der Waals surface area contributed by atoms with E-state index in [9.17, 15) is 9.59 Å². The molecule has 3 rings (SSSR count). The smallest absolute Gasteiger partial charge is 0.227 e. The maximum Gasteiger partial charge on any atom is 0.227 e. The number of benzene rings is 2. The monoisotopic (exact) mass is 356 g/mol. The Kier molecular flexibility index (Phi) is 5.71. The summed E-state index contributed by atoms with van der Waals surface area (Å²) in [6.07, 6.45) is 2.08. The molecule has 0 radical (unpaired) electrons. The second kappa shape index (κ2) is 8.17. The minimum absolute atomic E-state index is 0.0215. The molecule has 1 saturated heterocycles. The number of halogens is 1. The number of nitrogens with one attached hydrogen (secondary N) is 1. The summed E-state index contributed by atoms with van der Waals surface area (Å²) >= 11 is 5.88. The van der Waals surface area contributed by atoms with Crippen LogP contribution in [-0.2, 0) is 16.0 Å². The second-order valence-corrected chi connectivity index (χ2v) is 6.70. The Morgan fingerprint density at radius 2 is 1.84 bits per heavy atom. The predicted octanol–water partition coefficient (Wildman–Crippen LogP) is 3.44. The van der Waals surface area contributed by atoms with Crippen LogP contribution in [0.2, 0.25) is 5.02 Å². The number of aryl methyl sites for hydroxylation is 1. The molecule has 1 aliphatic heterocycles. The molecule has 0 saturated carbocycles. The molecule has 1 unspecified atom stereocenters. The largest absolute Gasteiger partial charge is 0.356 e. The van der Waals surface area contributed by atoms with Crippen molar-refractivity contribution >= 4 is 29.1 Å². The van der Waals surface area contributed by atoms with Crippen molar-refractivity contribution in [1.82, 2.24) is 5.32 Å². The molecule has 5 heteroatoms. The summed E-state index contributed by atoms with van der Waals surface area (Å²) in [5, 5.41) is 3.59. The molecule has 1 heterocycles. The zero-order valence-corrected chi connectivity index (χ0v) is 14.7. The van der Waals surface area contributed by atoms with Crippen LogP contribution in [0.3, 0.4) is 0 Å². The highest BCUT2D eigenvalue weighted by Gasteiger charge is 2.34. The van der Waals surface area contributed by atoms with Gasteiger partial charge in [0.15, 0.2) is 0 Å². The van der Waals surface area contributed by atoms with Crippen LogP contribution in [0.25, 0.3) is 0 Å². The molecule has 1 atom stereocenters. The van der Waals surface area contributed by atoms with Crippen molar-refractivity contribution < 1.29 is 9.59 Å². The zero-order valence-electron chi connectivity index (χ0n) is 14.0. The molecule has 4 nitrogen and oxygen atoms in total. The lowest BCUT2D eigenvalue weighted by molar-refractivity contribution is -0.126. The van der Waals surface area contributed by atoms with Crippen molar-refractivity contribution in [3.63, 3.8) is 0 Å². The Hall–Kier alpha value is -2.33. The van der Waals surface area contributed by atoms with Crippen LogP contribution in [-0.4, -0.2) is 24.9 Å². The normalized spacial score (nSPS) is 16.9. The van der Waals surface area contributed by atoms with Gasteiger partial charge in [-0.1, -0.05) is 41.9 Å². The van der Waals surface area contributed by atoms with Crippen molar-refractivity contribution in [2.75, 3.05) is 18.0 Å². The number of rotatable bonds is 6. The van der Waals surface area contributed by atoms with Crippen molar-refractivity contribution in [2.24, 2.45) is 5.92 Å². The number of nitrogens with zero attached hydrogens (tertiary/aromatic N) is 1. The molecular weight excluding hydrogens is 336 g/mol. The van der Waals surface area contributed by atoms with E-state index in [-0.39, 0.29) is 24.2 Å². The van der Waals surface area contributed by atoms with Crippen LogP contribution in [0.4, 0.5) is 5.69 Å². The first-order valence-electron chi connectivity index (χ1n) is 8.51. The average Bonchev–Trinajstić information content (AvgIpc) is 3.02. The number of hydrogen-bond donors (Lipinski definition) is 1. The molecule has 1 N–H and O–H groups in total. The molecule has 0 bridgehead atoms. The van der Waals surface area contributed by atoms with E-state index in [0.29, 0.717) is 18.1 Å². The van der Waals surface area contributed by atoms with Crippen LogP contribution < -0.4 is 10.2 Å². The van der Waals surface area contributed by atoms with Gasteiger partial charge in [0.2, 0.25) is 11.8 Å². The van der Waals surface area contributed by atoms with Gasteiger partial charge in [0.05, 0.1) is 5.92 Å². The van der Waals surface area contributed by atoms with E-state index in [1.807, 2.05) is 18.2 Å². The van der Waals surface area contributed by atoms with Gasteiger partial charge in [-0.15, -0.1) is 0 Å². The predicted molar refractivity (Wildman–Crippen MR) is 99.7 cm³/mol. The number of carbonyl (C=O) groups excluding carboxylic acids is 2. The fourth-order valence-corrected chi connectivity index (χ4v) is 3.17. The molecule has 0 aromatic heterocycles. The quantitative estimate of drug-likeness (QED) is 0.806. The summed E-state index contributed by atoms with van der Waals surface area (Å²) in [5.74, 6) is -0.357. The van der Waals surface area contributed by atoms with Gasteiger partial charge < -0.3 is 10.2 Å². The lowest BCUT2D eigenvalue weighted by atomic mass is 10.1. The molecule has 2 aromatic carbocycles. The summed E-state index contributed by atoms with van der Waals surface area (Å²) in [6, 6.07) is 17.3. The van der Waals surface area contributed by atoms with Gasteiger partial charge in [0.1, 0.15) is 0 Å². The van der Waals surface area contributed by atoms with Gasteiger partial charge >= 0.3 is 0 Å². The average molecular weight is 357 g/mol. The Bertz CT molecular complexity index is 731. The van der Waals surface area contributed by atoms with E-state index >= 15 is 0 Å². The summed E-state index contributed by atoms with van der Waals surface area (Å²) in [6.45, 7) is 1.05. The van der Waals surface area contributed by atoms with Gasteiger partial charge in [0.25, 0.3) is 0 Å². The van der Waals surface area contributed by atoms with Gasteiger partial charge in [-0.2, -0.15) is 0 Å². The SMILES string of the molecule is O=C(NCCCc1ccccc1)C1CC(=O)N(c2ccc(Cl)cc2)C1. The first-order valence-corrected chi connectivity index (χ1v) is 8.89. The Morgan fingerprint density at radius 1 is 1.12 bits per heavy atom. The van der Waals surface area contributed by atoms with Crippen molar-refractivity contribution in [3.8, 4) is 0 Å². The maximum absolute atomic E-state index is 12.3. The molecule has 2 amide bonds. The fourth-order valence-electron chi connectivity index (χ4n) is 3.05. The number of hydrogen-bond acceptors (Lipinski definition) is 2. The second-order valence-electron chi connectivity index (χ2n) is 6.26. The van der Waals surface area contributed by atoms with Gasteiger partial charge in [-0.3, -0.25) is 9.59 Å². The minimum atomic E-state index is -0.292. The first-order chi connectivity index (χ1) is 12.1. The van der Waals surface area contributed by atoms with E-state index in [0.717, 1.165) is 18.5 Å². The lowest BCUT2D eigenvalue weighted by Gasteiger charge is -2.16. The van der Waals surface area contributed by atoms with E-state index < -0.39 is 0 Å². The van der Waals surface area contributed by atoms with E-state index in [4.69, 9.17) is 11.6 Å². The summed E-state index contributed by atoms with van der Waals surface area (Å²) in [4.78, 5) is 26.2. The number of carbonyl (C=O) groups is 2. The van der Waals surface area contributed by atoms with Crippen LogP contribution in [0.5, 0.6) is 0 Å². The van der Waals surface area contributed by atoms with Gasteiger partial charge in [-0.25, -0.2) is 0 Å². The third-order valence-corrected chi connectivity index (χ3v) is 4.67. The molecule has 0 spiro atoms. The number of anilines is 1. The van der Waals surface area contributed by atoms with Crippen LogP contribution in [0, 0.1) is 5.92 Å². The summed E-state index contributed by atoms with van der Waals surface area (Å²) in [5.41, 5.74) is 2.05. The fraction of sp³-hybridized carbons (Fsp3) is 0.300. The Morgan fingerprint density at radius 3 is 2.56 bits per heavy atom. The molecule has 1 fully saturated rings. The maximum atomic E-state index is 12.3. The standard InChI is InChI=1S/C20H21ClN2O2/c21-17-8-10-18(11-9-17)23-14-16(13-19(23)24)20(25)22-12-4-7-15-5-2-1-3-6-15/h1-3,5-6,8-11,16H,4,7,12-14H2,(H,22,25). The molecule has 2 aromatic rings. The highest BCUT2D eigenvalue weighted by atomic mass is 35.5. The molecule has 0 aliphatic carbocycles. The van der Waals surface area contributed by atoms with Crippen LogP contribution >= 0.6 is 11.6 Å². The molecule has 130 valence electrons. The minimum Gasteiger partial charge on any atom is -0.356 e. The van der Waals surface area contributed by atoms with Crippen LogP contribution in [0.15, 0.2) is 54.6 Å². The topological polar surface area (TPSA) is 49.4 Å². The highest BCUT2D eigenvalue weighted by molar-refractivity contribution is 6.30. The molecular formula is C20H21ClN2O2. The van der Waals surface area contributed by atoms with Crippen molar-refractivity contribution in [2.45, 2.75) is 19.3 Å². The number of amides is 2. The lowest BCUT2D eigenvalue weighted by Crippen LogP contribution is -2.33. The summed E-state index contributed by atoms with van der Waals surface area (Å²) in [7, 11) is 0. The molecule has 1 aliphatic rings. The highest BCUT2D eigenvalue weighted by Crippen LogP contribution is 2.26. The first kappa shape index (κ1) is 17.5. The third-order valence-electron chi connectivity index (χ3n) is 4.42. The van der Waals surface area contributed by atoms with E-state index in [2.05, 4.69) is 17.4 Å². The van der Waals surface area contributed by atoms with E-state index in [1.54, 1.807) is 29.2 Å². The van der Waals surface area contributed by atoms with Crippen molar-refractivity contribution in [1.29, 1.82) is 0 Å². The van der Waals surface area contributed by atoms with Gasteiger partial charge in [0, 0.05) is 30.2 Å². The Balaban J connectivity index is 1.46. The van der Waals surface area contributed by atoms with Crippen molar-refractivity contribution in [3.05, 3.63) is 65.2 Å². The third kappa shape index (κ3) is 4.60. The van der Waals surface area contributed by atoms with Crippen LogP contribution in [0.1, 0.15) is 18.4 Å². The van der Waals surface area contributed by atoms with Gasteiger partial charge in [-0.05, 0) is 42.7 Å². The summed E-state index contributed by atoms with van der Waals surface area (Å²) < 4.78 is 0.